The third-order valence-corrected chi connectivity index (χ3v) is 3.05. The zero-order valence-electron chi connectivity index (χ0n) is 11.0. The molecular formula is C13H13Cl2N3O2. The van der Waals surface area contributed by atoms with Crippen LogP contribution in [0.1, 0.15) is 5.69 Å². The lowest BCUT2D eigenvalue weighted by Gasteiger charge is -2.08. The first-order valence-corrected chi connectivity index (χ1v) is 6.59. The number of nitrogens with one attached hydrogen (secondary N) is 1. The number of anilines is 1. The Hall–Kier alpha value is -1.72. The van der Waals surface area contributed by atoms with Crippen LogP contribution in [0.15, 0.2) is 24.3 Å². The Bertz CT molecular complexity index is 641. The number of amides is 1. The van der Waals surface area contributed by atoms with Gasteiger partial charge in [0.15, 0.2) is 6.61 Å². The fourth-order valence-electron chi connectivity index (χ4n) is 1.64. The number of nitrogens with zero attached hydrogens (tertiary/aromatic N) is 2. The summed E-state index contributed by atoms with van der Waals surface area (Å²) in [7, 11) is 1.75. The van der Waals surface area contributed by atoms with Gasteiger partial charge in [-0.3, -0.25) is 9.48 Å². The van der Waals surface area contributed by atoms with Gasteiger partial charge in [-0.2, -0.15) is 5.10 Å². The van der Waals surface area contributed by atoms with Crippen LogP contribution in [0, 0.1) is 6.92 Å². The second-order valence-electron chi connectivity index (χ2n) is 4.21. The average molecular weight is 314 g/mol. The Morgan fingerprint density at radius 1 is 1.40 bits per heavy atom. The molecule has 1 N–H and O–H groups in total. The quantitative estimate of drug-likeness (QED) is 0.943. The van der Waals surface area contributed by atoms with Crippen LogP contribution in [0.25, 0.3) is 0 Å². The van der Waals surface area contributed by atoms with Crippen LogP contribution in [0.4, 0.5) is 5.82 Å². The summed E-state index contributed by atoms with van der Waals surface area (Å²) in [6.07, 6.45) is 0. The Morgan fingerprint density at radius 3 is 2.75 bits per heavy atom. The van der Waals surface area contributed by atoms with Gasteiger partial charge in [-0.05, 0) is 25.1 Å². The van der Waals surface area contributed by atoms with Crippen LogP contribution >= 0.6 is 23.2 Å². The second kappa shape index (κ2) is 6.15. The third kappa shape index (κ3) is 3.65. The minimum atomic E-state index is -0.293. The van der Waals surface area contributed by atoms with Crippen molar-refractivity contribution in [1.82, 2.24) is 9.78 Å². The first-order valence-electron chi connectivity index (χ1n) is 5.84. The van der Waals surface area contributed by atoms with Crippen molar-refractivity contribution in [2.75, 3.05) is 11.9 Å². The number of hydrogen-bond acceptors (Lipinski definition) is 3. The minimum absolute atomic E-state index is 0.147. The molecule has 2 aromatic rings. The molecule has 1 aromatic carbocycles. The molecule has 0 fully saturated rings. The zero-order chi connectivity index (χ0) is 14.7. The van der Waals surface area contributed by atoms with Crippen molar-refractivity contribution in [3.8, 4) is 5.75 Å². The predicted octanol–water partition coefficient (Wildman–Crippen LogP) is 3.05. The van der Waals surface area contributed by atoms with E-state index in [-0.39, 0.29) is 12.5 Å². The van der Waals surface area contributed by atoms with Crippen molar-refractivity contribution >= 4 is 34.9 Å². The monoisotopic (exact) mass is 313 g/mol. The largest absolute Gasteiger partial charge is 0.482 e. The topological polar surface area (TPSA) is 56.1 Å². The summed E-state index contributed by atoms with van der Waals surface area (Å²) >= 11 is 11.7. The first-order chi connectivity index (χ1) is 9.45. The van der Waals surface area contributed by atoms with Gasteiger partial charge < -0.3 is 10.1 Å². The molecule has 20 heavy (non-hydrogen) atoms. The first kappa shape index (κ1) is 14.7. The zero-order valence-corrected chi connectivity index (χ0v) is 12.5. The van der Waals surface area contributed by atoms with Crippen molar-refractivity contribution in [1.29, 1.82) is 0 Å². The van der Waals surface area contributed by atoms with Gasteiger partial charge in [-0.15, -0.1) is 0 Å². The van der Waals surface area contributed by atoms with E-state index in [1.165, 1.54) is 0 Å². The van der Waals surface area contributed by atoms with Gasteiger partial charge in [0.05, 0.1) is 10.7 Å². The molecule has 7 heteroatoms. The number of carbonyl (C=O) groups is 1. The number of aryl methyl sites for hydroxylation is 2. The van der Waals surface area contributed by atoms with E-state index in [2.05, 4.69) is 10.4 Å². The summed E-state index contributed by atoms with van der Waals surface area (Å²) < 4.78 is 6.93. The second-order valence-corrected chi connectivity index (χ2v) is 5.05. The van der Waals surface area contributed by atoms with Gasteiger partial charge in [-0.1, -0.05) is 23.2 Å². The van der Waals surface area contributed by atoms with Crippen LogP contribution < -0.4 is 10.1 Å². The molecule has 0 aliphatic heterocycles. The standard InChI is InChI=1S/C13H13Cl2N3O2/c1-8-5-12(18(2)17-8)16-13(19)7-20-11-4-3-9(14)6-10(11)15/h3-6H,7H2,1-2H3,(H,16,19). The average Bonchev–Trinajstić information content (AvgIpc) is 2.66. The van der Waals surface area contributed by atoms with Crippen LogP contribution in [0.2, 0.25) is 10.0 Å². The highest BCUT2D eigenvalue weighted by molar-refractivity contribution is 6.35. The lowest BCUT2D eigenvalue weighted by molar-refractivity contribution is -0.118. The Balaban J connectivity index is 1.94. The molecule has 1 amide bonds. The van der Waals surface area contributed by atoms with E-state index in [1.807, 2.05) is 6.92 Å². The fourth-order valence-corrected chi connectivity index (χ4v) is 2.11. The molecule has 0 aliphatic carbocycles. The van der Waals surface area contributed by atoms with Gasteiger partial charge in [0, 0.05) is 18.1 Å². The Labute approximate surface area is 126 Å². The van der Waals surface area contributed by atoms with E-state index < -0.39 is 0 Å². The Kier molecular flexibility index (Phi) is 4.52. The van der Waals surface area contributed by atoms with Gasteiger partial charge in [-0.25, -0.2) is 0 Å². The molecule has 106 valence electrons. The van der Waals surface area contributed by atoms with Gasteiger partial charge >= 0.3 is 0 Å². The van der Waals surface area contributed by atoms with Gasteiger partial charge in [0.1, 0.15) is 11.6 Å². The molecule has 0 spiro atoms. The number of benzene rings is 1. The molecule has 0 aliphatic rings. The highest BCUT2D eigenvalue weighted by Gasteiger charge is 2.09. The van der Waals surface area contributed by atoms with Crippen LogP contribution in [0.3, 0.4) is 0 Å². The summed E-state index contributed by atoms with van der Waals surface area (Å²) in [5.74, 6) is 0.727. The number of halogens is 2. The lowest BCUT2D eigenvalue weighted by atomic mass is 10.3. The summed E-state index contributed by atoms with van der Waals surface area (Å²) in [5.41, 5.74) is 0.824. The molecule has 0 saturated heterocycles. The maximum Gasteiger partial charge on any atom is 0.263 e. The molecule has 0 unspecified atom stereocenters. The molecule has 1 aromatic heterocycles. The van der Waals surface area contributed by atoms with E-state index in [0.717, 1.165) is 5.69 Å². The maximum atomic E-state index is 11.8. The number of carbonyl (C=O) groups excluding carboxylic acids is 1. The molecule has 0 atom stereocenters. The van der Waals surface area contributed by atoms with E-state index >= 15 is 0 Å². The van der Waals surface area contributed by atoms with Crippen LogP contribution in [-0.4, -0.2) is 22.3 Å². The Morgan fingerprint density at radius 2 is 2.15 bits per heavy atom. The molecule has 0 bridgehead atoms. The van der Waals surface area contributed by atoms with Crippen molar-refractivity contribution in [2.45, 2.75) is 6.92 Å². The van der Waals surface area contributed by atoms with Crippen LogP contribution in [0.5, 0.6) is 5.75 Å². The van der Waals surface area contributed by atoms with Crippen LogP contribution in [-0.2, 0) is 11.8 Å². The van der Waals surface area contributed by atoms with Gasteiger partial charge in [0.2, 0.25) is 0 Å². The highest BCUT2D eigenvalue weighted by Crippen LogP contribution is 2.27. The summed E-state index contributed by atoms with van der Waals surface area (Å²) in [4.78, 5) is 11.8. The van der Waals surface area contributed by atoms with E-state index in [9.17, 15) is 4.79 Å². The molecule has 0 radical (unpaired) electrons. The summed E-state index contributed by atoms with van der Waals surface area (Å²) in [5, 5.41) is 7.71. The van der Waals surface area contributed by atoms with Crippen molar-refractivity contribution in [3.05, 3.63) is 40.0 Å². The maximum absolute atomic E-state index is 11.8. The van der Waals surface area contributed by atoms with Crippen molar-refractivity contribution in [2.24, 2.45) is 7.05 Å². The normalized spacial score (nSPS) is 10.4. The number of aromatic nitrogens is 2. The number of rotatable bonds is 4. The van der Waals surface area contributed by atoms with Gasteiger partial charge in [0.25, 0.3) is 5.91 Å². The summed E-state index contributed by atoms with van der Waals surface area (Å²) in [6.45, 7) is 1.70. The highest BCUT2D eigenvalue weighted by atomic mass is 35.5. The predicted molar refractivity (Wildman–Crippen MR) is 78.5 cm³/mol. The van der Waals surface area contributed by atoms with E-state index in [0.29, 0.717) is 21.6 Å². The number of hydrogen-bond donors (Lipinski definition) is 1. The molecule has 0 saturated carbocycles. The lowest BCUT2D eigenvalue weighted by Crippen LogP contribution is -2.21. The molecular weight excluding hydrogens is 301 g/mol. The number of ether oxygens (including phenoxy) is 1. The fraction of sp³-hybridized carbons (Fsp3) is 0.231. The smallest absolute Gasteiger partial charge is 0.263 e. The summed E-state index contributed by atoms with van der Waals surface area (Å²) in [6, 6.07) is 6.59. The molecule has 5 nitrogen and oxygen atoms in total. The third-order valence-electron chi connectivity index (χ3n) is 2.52. The van der Waals surface area contributed by atoms with Crippen molar-refractivity contribution in [3.63, 3.8) is 0 Å². The van der Waals surface area contributed by atoms with E-state index in [1.54, 1.807) is 36.0 Å². The van der Waals surface area contributed by atoms with Crippen molar-refractivity contribution < 1.29 is 9.53 Å². The SMILES string of the molecule is Cc1cc(NC(=O)COc2ccc(Cl)cc2Cl)n(C)n1. The minimum Gasteiger partial charge on any atom is -0.482 e. The molecule has 1 heterocycles. The van der Waals surface area contributed by atoms with E-state index in [4.69, 9.17) is 27.9 Å². The molecule has 2 rings (SSSR count).